The van der Waals surface area contributed by atoms with Crippen molar-refractivity contribution in [3.63, 3.8) is 0 Å². The van der Waals surface area contributed by atoms with E-state index in [1.807, 2.05) is 20.8 Å². The molecule has 5 heteroatoms. The van der Waals surface area contributed by atoms with E-state index in [1.54, 1.807) is 0 Å². The number of fused-ring (bicyclic) bond motifs is 2. The van der Waals surface area contributed by atoms with Crippen molar-refractivity contribution in [1.29, 1.82) is 0 Å². The van der Waals surface area contributed by atoms with Crippen LogP contribution in [0.4, 0.5) is 4.79 Å². The Morgan fingerprint density at radius 1 is 1.07 bits per heavy atom. The molecule has 3 saturated carbocycles. The minimum atomic E-state index is -0.571. The highest BCUT2D eigenvalue weighted by Crippen LogP contribution is 2.65. The Kier molecular flexibility index (Phi) is 6.27. The van der Waals surface area contributed by atoms with Gasteiger partial charge in [-0.2, -0.15) is 0 Å². The quantitative estimate of drug-likeness (QED) is 0.661. The first-order valence-electron chi connectivity index (χ1n) is 11.7. The molecule has 0 aromatic rings. The molecule has 0 aliphatic heterocycles. The summed E-state index contributed by atoms with van der Waals surface area (Å²) in [5.41, 5.74) is -0.185. The van der Waals surface area contributed by atoms with Crippen molar-refractivity contribution in [3.05, 3.63) is 0 Å². The molecule has 0 saturated heterocycles. The molecule has 0 aromatic heterocycles. The van der Waals surface area contributed by atoms with Crippen LogP contribution in [0.15, 0.2) is 0 Å². The summed E-state index contributed by atoms with van der Waals surface area (Å²) in [5.74, 6) is 1.14. The Morgan fingerprint density at radius 2 is 1.72 bits per heavy atom. The molecule has 3 rings (SSSR count). The van der Waals surface area contributed by atoms with Gasteiger partial charge in [0.05, 0.1) is 0 Å². The van der Waals surface area contributed by atoms with Crippen molar-refractivity contribution < 1.29 is 14.3 Å². The molecule has 0 spiro atoms. The van der Waals surface area contributed by atoms with Crippen molar-refractivity contribution in [2.75, 3.05) is 0 Å². The van der Waals surface area contributed by atoms with Gasteiger partial charge in [0.15, 0.2) is 0 Å². The van der Waals surface area contributed by atoms with E-state index in [1.165, 1.54) is 32.1 Å². The monoisotopic (exact) mass is 406 g/mol. The highest BCUT2D eigenvalue weighted by Gasteiger charge is 2.61. The molecule has 2 bridgehead atoms. The lowest BCUT2D eigenvalue weighted by atomic mass is 9.69. The molecule has 0 radical (unpaired) electrons. The van der Waals surface area contributed by atoms with Gasteiger partial charge in [0.25, 0.3) is 0 Å². The molecule has 3 aliphatic carbocycles. The predicted molar refractivity (Wildman–Crippen MR) is 116 cm³/mol. The number of rotatable bonds is 5. The van der Waals surface area contributed by atoms with Gasteiger partial charge >= 0.3 is 6.09 Å². The summed E-state index contributed by atoms with van der Waals surface area (Å²) in [5, 5.41) is 6.25. The third kappa shape index (κ3) is 4.74. The van der Waals surface area contributed by atoms with Gasteiger partial charge in [0, 0.05) is 6.04 Å². The Labute approximate surface area is 177 Å². The van der Waals surface area contributed by atoms with E-state index in [4.69, 9.17) is 4.74 Å². The lowest BCUT2D eigenvalue weighted by Crippen LogP contribution is -2.54. The summed E-state index contributed by atoms with van der Waals surface area (Å²) in [6, 6.07) is -0.322. The van der Waals surface area contributed by atoms with E-state index in [-0.39, 0.29) is 22.8 Å². The molecule has 2 amide bonds. The Hall–Kier alpha value is -1.26. The second-order valence-electron chi connectivity index (χ2n) is 11.6. The first-order chi connectivity index (χ1) is 13.4. The number of carbonyl (C=O) groups excluding carboxylic acids is 2. The highest BCUT2D eigenvalue weighted by atomic mass is 16.6. The van der Waals surface area contributed by atoms with Crippen molar-refractivity contribution >= 4 is 12.0 Å². The van der Waals surface area contributed by atoms with Gasteiger partial charge in [-0.15, -0.1) is 0 Å². The van der Waals surface area contributed by atoms with Gasteiger partial charge in [0.1, 0.15) is 11.6 Å². The van der Waals surface area contributed by atoms with Crippen LogP contribution in [-0.4, -0.2) is 29.7 Å². The zero-order valence-corrected chi connectivity index (χ0v) is 19.4. The number of carbonyl (C=O) groups is 2. The van der Waals surface area contributed by atoms with Crippen molar-refractivity contribution in [2.45, 2.75) is 117 Å². The topological polar surface area (TPSA) is 67.4 Å². The predicted octanol–water partition coefficient (Wildman–Crippen LogP) is 5.18. The van der Waals surface area contributed by atoms with Gasteiger partial charge in [-0.05, 0) is 69.1 Å². The normalized spacial score (nSPS) is 32.6. The van der Waals surface area contributed by atoms with Crippen LogP contribution in [0.1, 0.15) is 99.3 Å². The smallest absolute Gasteiger partial charge is 0.408 e. The molecular weight excluding hydrogens is 364 g/mol. The number of nitrogens with one attached hydrogen (secondary N) is 2. The van der Waals surface area contributed by atoms with Gasteiger partial charge in [0.2, 0.25) is 5.91 Å². The van der Waals surface area contributed by atoms with Crippen LogP contribution in [0.25, 0.3) is 0 Å². The van der Waals surface area contributed by atoms with E-state index < -0.39 is 17.7 Å². The first kappa shape index (κ1) is 22.4. The van der Waals surface area contributed by atoms with Crippen LogP contribution in [0, 0.1) is 22.7 Å². The van der Waals surface area contributed by atoms with E-state index in [0.29, 0.717) is 18.3 Å². The number of hydrogen-bond donors (Lipinski definition) is 2. The van der Waals surface area contributed by atoms with Crippen molar-refractivity contribution in [1.82, 2.24) is 10.6 Å². The summed E-state index contributed by atoms with van der Waals surface area (Å²) in [4.78, 5) is 25.8. The summed E-state index contributed by atoms with van der Waals surface area (Å²) in [6.07, 6.45) is 9.73. The molecule has 3 aliphatic rings. The molecule has 0 aromatic carbocycles. The fourth-order valence-corrected chi connectivity index (χ4v) is 6.13. The standard InChI is InChI=1S/C24H42N2O3/c1-22(2,3)29-21(28)25-18(14-16-10-8-7-9-11-16)20(27)26-19-15-17-12-13-24(19,6)23(17,4)5/h16-19H,7-15H2,1-6H3,(H,25,28)(H,26,27)/t17-,18+,19+,24+/m1/s1. The minimum Gasteiger partial charge on any atom is -0.444 e. The molecule has 29 heavy (non-hydrogen) atoms. The number of amides is 2. The zero-order valence-electron chi connectivity index (χ0n) is 19.4. The van der Waals surface area contributed by atoms with Gasteiger partial charge < -0.3 is 15.4 Å². The maximum absolute atomic E-state index is 13.3. The SMILES string of the molecule is CC(C)(C)OC(=O)N[C@@H](CC1CCCCC1)C(=O)N[C@H]1C[C@H]2CC[C@]1(C)C2(C)C. The fourth-order valence-electron chi connectivity index (χ4n) is 6.13. The van der Waals surface area contributed by atoms with Crippen LogP contribution >= 0.6 is 0 Å². The third-order valence-corrected chi connectivity index (χ3v) is 8.41. The summed E-state index contributed by atoms with van der Waals surface area (Å²) < 4.78 is 5.45. The molecule has 0 unspecified atom stereocenters. The summed E-state index contributed by atoms with van der Waals surface area (Å²) in [6.45, 7) is 12.6. The molecule has 5 nitrogen and oxygen atoms in total. The lowest BCUT2D eigenvalue weighted by Gasteiger charge is -2.40. The van der Waals surface area contributed by atoms with E-state index >= 15 is 0 Å². The number of ether oxygens (including phenoxy) is 1. The van der Waals surface area contributed by atoms with Crippen LogP contribution in [0.5, 0.6) is 0 Å². The van der Waals surface area contributed by atoms with E-state index in [9.17, 15) is 9.59 Å². The molecular formula is C24H42N2O3. The summed E-state index contributed by atoms with van der Waals surface area (Å²) in [7, 11) is 0. The third-order valence-electron chi connectivity index (χ3n) is 8.41. The van der Waals surface area contributed by atoms with Crippen LogP contribution < -0.4 is 10.6 Å². The van der Waals surface area contributed by atoms with Gasteiger partial charge in [-0.1, -0.05) is 52.9 Å². The fraction of sp³-hybridized carbons (Fsp3) is 0.917. The maximum atomic E-state index is 13.3. The Bertz CT molecular complexity index is 618. The second kappa shape index (κ2) is 8.11. The largest absolute Gasteiger partial charge is 0.444 e. The van der Waals surface area contributed by atoms with Crippen LogP contribution in [-0.2, 0) is 9.53 Å². The molecule has 0 heterocycles. The lowest BCUT2D eigenvalue weighted by molar-refractivity contribution is -0.125. The molecule has 166 valence electrons. The Balaban J connectivity index is 1.67. The zero-order chi connectivity index (χ0) is 21.4. The minimum absolute atomic E-state index is 0.0315. The second-order valence-corrected chi connectivity index (χ2v) is 11.6. The average Bonchev–Trinajstić information content (AvgIpc) is 2.94. The summed E-state index contributed by atoms with van der Waals surface area (Å²) >= 11 is 0. The van der Waals surface area contributed by atoms with Gasteiger partial charge in [-0.3, -0.25) is 4.79 Å². The maximum Gasteiger partial charge on any atom is 0.408 e. The van der Waals surface area contributed by atoms with Gasteiger partial charge in [-0.25, -0.2) is 4.79 Å². The van der Waals surface area contributed by atoms with E-state index in [2.05, 4.69) is 31.4 Å². The van der Waals surface area contributed by atoms with Crippen molar-refractivity contribution in [3.8, 4) is 0 Å². The Morgan fingerprint density at radius 3 is 2.24 bits per heavy atom. The molecule has 4 atom stereocenters. The first-order valence-corrected chi connectivity index (χ1v) is 11.7. The van der Waals surface area contributed by atoms with Crippen LogP contribution in [0.2, 0.25) is 0 Å². The molecule has 3 fully saturated rings. The average molecular weight is 407 g/mol. The molecule has 2 N–H and O–H groups in total. The number of alkyl carbamates (subject to hydrolysis) is 1. The van der Waals surface area contributed by atoms with Crippen LogP contribution in [0.3, 0.4) is 0 Å². The highest BCUT2D eigenvalue weighted by molar-refractivity contribution is 5.86. The van der Waals surface area contributed by atoms with E-state index in [0.717, 1.165) is 19.3 Å². The number of hydrogen-bond acceptors (Lipinski definition) is 3. The van der Waals surface area contributed by atoms with Crippen molar-refractivity contribution in [2.24, 2.45) is 22.7 Å².